The Morgan fingerprint density at radius 3 is 2.33 bits per heavy atom. The van der Waals surface area contributed by atoms with Crippen molar-refractivity contribution in [3.05, 3.63) is 94.5 Å². The van der Waals surface area contributed by atoms with E-state index in [4.69, 9.17) is 0 Å². The van der Waals surface area contributed by atoms with Crippen LogP contribution in [0.4, 0.5) is 0 Å². The van der Waals surface area contributed by atoms with E-state index in [0.29, 0.717) is 17.8 Å². The molecule has 0 saturated carbocycles. The molecule has 2 aromatic carbocycles. The Morgan fingerprint density at radius 2 is 1.63 bits per heavy atom. The molecular formula is C41H49N2+. The number of hydrogen-bond acceptors (Lipinski definition) is 1. The summed E-state index contributed by atoms with van der Waals surface area (Å²) >= 11 is 0. The largest absolute Gasteiger partial charge is 0.264 e. The first-order valence-corrected chi connectivity index (χ1v) is 17.1. The first kappa shape index (κ1) is 28.5. The zero-order valence-corrected chi connectivity index (χ0v) is 27.6. The van der Waals surface area contributed by atoms with E-state index in [1.807, 2.05) is 6.20 Å². The Morgan fingerprint density at radius 1 is 0.884 bits per heavy atom. The van der Waals surface area contributed by atoms with Crippen LogP contribution in [0.25, 0.3) is 32.8 Å². The van der Waals surface area contributed by atoms with E-state index in [-0.39, 0.29) is 11.0 Å². The number of aromatic nitrogens is 2. The predicted molar refractivity (Wildman–Crippen MR) is 182 cm³/mol. The minimum atomic E-state index is -0.243. The summed E-state index contributed by atoms with van der Waals surface area (Å²) in [4.78, 5) is 4.65. The molecule has 4 aromatic rings. The molecule has 3 aliphatic rings. The van der Waals surface area contributed by atoms with Crippen molar-refractivity contribution in [2.45, 2.75) is 105 Å². The van der Waals surface area contributed by atoms with Gasteiger partial charge in [0.25, 0.3) is 0 Å². The molecule has 0 amide bonds. The second-order valence-corrected chi connectivity index (χ2v) is 14.6. The fraction of sp³-hybridized carbons (Fsp3) is 0.463. The lowest BCUT2D eigenvalue weighted by Gasteiger charge is -2.34. The van der Waals surface area contributed by atoms with Gasteiger partial charge in [0.05, 0.1) is 10.9 Å². The molecule has 0 bridgehead atoms. The fourth-order valence-electron chi connectivity index (χ4n) is 9.16. The average Bonchev–Trinajstić information content (AvgIpc) is 3.26. The van der Waals surface area contributed by atoms with Crippen molar-refractivity contribution in [3.63, 3.8) is 0 Å². The minimum absolute atomic E-state index is 0.109. The van der Waals surface area contributed by atoms with Gasteiger partial charge in [-0.2, -0.15) is 4.57 Å². The Bertz CT molecular complexity index is 1830. The number of rotatable bonds is 8. The highest BCUT2D eigenvalue weighted by atomic mass is 15.1. The number of allylic oxidation sites excluding steroid dienone is 4. The van der Waals surface area contributed by atoms with E-state index >= 15 is 0 Å². The molecular weight excluding hydrogens is 520 g/mol. The van der Waals surface area contributed by atoms with Crippen molar-refractivity contribution in [2.75, 3.05) is 0 Å². The van der Waals surface area contributed by atoms with Gasteiger partial charge in [-0.15, -0.1) is 0 Å². The Hall–Kier alpha value is -3.26. The smallest absolute Gasteiger partial charge is 0.222 e. The van der Waals surface area contributed by atoms with Crippen molar-refractivity contribution in [3.8, 4) is 11.3 Å². The predicted octanol–water partition coefficient (Wildman–Crippen LogP) is 10.4. The van der Waals surface area contributed by atoms with Crippen molar-refractivity contribution in [2.24, 2.45) is 17.8 Å². The maximum absolute atomic E-state index is 4.65. The highest BCUT2D eigenvalue weighted by Crippen LogP contribution is 2.58. The summed E-state index contributed by atoms with van der Waals surface area (Å²) < 4.78 is 2.72. The number of hydrogen-bond donors (Lipinski definition) is 0. The minimum Gasteiger partial charge on any atom is -0.264 e. The number of pyridine rings is 2. The van der Waals surface area contributed by atoms with Crippen LogP contribution >= 0.6 is 0 Å². The Labute approximate surface area is 258 Å². The van der Waals surface area contributed by atoms with Crippen LogP contribution in [0.2, 0.25) is 0 Å². The molecule has 1 unspecified atom stereocenters. The molecule has 43 heavy (non-hydrogen) atoms. The third-order valence-electron chi connectivity index (χ3n) is 11.3. The molecule has 0 saturated heterocycles. The number of nitrogens with zero attached hydrogens (tertiary/aromatic N) is 2. The van der Waals surface area contributed by atoms with Gasteiger partial charge < -0.3 is 0 Å². The van der Waals surface area contributed by atoms with Gasteiger partial charge in [-0.25, -0.2) is 0 Å². The molecule has 0 radical (unpaired) electrons. The lowest BCUT2D eigenvalue weighted by Crippen LogP contribution is -2.55. The number of benzene rings is 2. The van der Waals surface area contributed by atoms with E-state index in [1.54, 1.807) is 11.1 Å². The molecule has 1 aliphatic heterocycles. The van der Waals surface area contributed by atoms with Crippen molar-refractivity contribution in [1.29, 1.82) is 0 Å². The van der Waals surface area contributed by atoms with Crippen LogP contribution in [0.3, 0.4) is 0 Å². The van der Waals surface area contributed by atoms with E-state index in [1.165, 1.54) is 80.7 Å². The molecule has 2 aliphatic carbocycles. The summed E-state index contributed by atoms with van der Waals surface area (Å²) in [5.74, 6) is 1.81. The molecule has 7 rings (SSSR count). The van der Waals surface area contributed by atoms with Crippen molar-refractivity contribution < 1.29 is 4.57 Å². The normalized spacial score (nSPS) is 19.8. The van der Waals surface area contributed by atoms with Crippen LogP contribution in [0.15, 0.2) is 72.2 Å². The first-order valence-electron chi connectivity index (χ1n) is 17.1. The summed E-state index contributed by atoms with van der Waals surface area (Å²) in [6, 6.07) is 12.2. The summed E-state index contributed by atoms with van der Waals surface area (Å²) in [6.45, 7) is 19.1. The van der Waals surface area contributed by atoms with Crippen LogP contribution in [-0.2, 0) is 17.4 Å². The average molecular weight is 570 g/mol. The van der Waals surface area contributed by atoms with Gasteiger partial charge in [0.1, 0.15) is 0 Å². The maximum Gasteiger partial charge on any atom is 0.222 e. The first-order chi connectivity index (χ1) is 20.7. The van der Waals surface area contributed by atoms with Gasteiger partial charge in [0, 0.05) is 41.2 Å². The van der Waals surface area contributed by atoms with Crippen LogP contribution < -0.4 is 4.57 Å². The van der Waals surface area contributed by atoms with E-state index in [0.717, 1.165) is 12.8 Å². The van der Waals surface area contributed by atoms with Gasteiger partial charge in [-0.3, -0.25) is 4.98 Å². The molecule has 1 atom stereocenters. The fourth-order valence-corrected chi connectivity index (χ4v) is 9.16. The topological polar surface area (TPSA) is 16.8 Å². The third kappa shape index (κ3) is 3.97. The molecule has 0 N–H and O–H groups in total. The lowest BCUT2D eigenvalue weighted by atomic mass is 9.66. The Kier molecular flexibility index (Phi) is 6.73. The standard InChI is InChI=1S/C41H49N2/c1-9-27(10-2)30-20-31(28(11-3)12-4)23-41(22-30)38-33-13-15-42-24-32(33)21-35-37(38)39-36-29(14-16-43(39)41)18-26(17-25(5)6)19-34(36)40(35,7)8/h13-16,18-22,24-25,27-28H,9-12,17,23H2,1-8H3/q+1. The third-order valence-corrected chi connectivity index (χ3v) is 11.3. The zero-order valence-electron chi connectivity index (χ0n) is 27.6. The van der Waals surface area contributed by atoms with Gasteiger partial charge in [0.15, 0.2) is 6.20 Å². The second kappa shape index (κ2) is 10.1. The SMILES string of the molecule is CCC(CC)C1=CC2(CC(C(CC)CC)=C1)c1c3c(cc4cnccc14)C(C)(C)c1cc(CC(C)C)cc4cc[n+]2c-3c14. The van der Waals surface area contributed by atoms with Crippen LogP contribution in [-0.4, -0.2) is 4.98 Å². The summed E-state index contributed by atoms with van der Waals surface area (Å²) in [5, 5.41) is 5.50. The molecule has 2 nitrogen and oxygen atoms in total. The molecule has 2 heteroatoms. The molecule has 1 spiro atoms. The second-order valence-electron chi connectivity index (χ2n) is 14.6. The lowest BCUT2D eigenvalue weighted by molar-refractivity contribution is -0.725. The van der Waals surface area contributed by atoms with Gasteiger partial charge in [-0.05, 0) is 101 Å². The maximum atomic E-state index is 4.65. The Balaban J connectivity index is 1.65. The van der Waals surface area contributed by atoms with Crippen LogP contribution in [0.1, 0.15) is 110 Å². The quantitative estimate of drug-likeness (QED) is 0.193. The molecule has 222 valence electrons. The van der Waals surface area contributed by atoms with Crippen LogP contribution in [0.5, 0.6) is 0 Å². The monoisotopic (exact) mass is 569 g/mol. The van der Waals surface area contributed by atoms with Gasteiger partial charge >= 0.3 is 0 Å². The molecule has 0 fully saturated rings. The van der Waals surface area contributed by atoms with E-state index in [9.17, 15) is 0 Å². The summed E-state index contributed by atoms with van der Waals surface area (Å²) in [7, 11) is 0. The van der Waals surface area contributed by atoms with Crippen molar-refractivity contribution in [1.82, 2.24) is 4.98 Å². The zero-order chi connectivity index (χ0) is 30.3. The number of fused-ring (bicyclic) bond motifs is 4. The highest BCUT2D eigenvalue weighted by molar-refractivity contribution is 6.06. The highest BCUT2D eigenvalue weighted by Gasteiger charge is 2.57. The molecule has 2 aromatic heterocycles. The van der Waals surface area contributed by atoms with Crippen molar-refractivity contribution >= 4 is 21.5 Å². The van der Waals surface area contributed by atoms with Gasteiger partial charge in [0.2, 0.25) is 11.2 Å². The van der Waals surface area contributed by atoms with Gasteiger partial charge in [-0.1, -0.05) is 79.2 Å². The van der Waals surface area contributed by atoms with Crippen LogP contribution in [0, 0.1) is 17.8 Å². The summed E-state index contributed by atoms with van der Waals surface area (Å²) in [6.07, 6.45) is 18.8. The van der Waals surface area contributed by atoms with E-state index < -0.39 is 0 Å². The summed E-state index contributed by atoms with van der Waals surface area (Å²) in [5.41, 5.74) is 11.7. The molecule has 3 heterocycles. The van der Waals surface area contributed by atoms with E-state index in [2.05, 4.69) is 120 Å².